The van der Waals surface area contributed by atoms with E-state index in [2.05, 4.69) is 10.2 Å². The Morgan fingerprint density at radius 3 is 2.48 bits per heavy atom. The van der Waals surface area contributed by atoms with Crippen LogP contribution in [-0.2, 0) is 11.3 Å². The highest BCUT2D eigenvalue weighted by Crippen LogP contribution is 2.21. The summed E-state index contributed by atoms with van der Waals surface area (Å²) in [7, 11) is 0. The van der Waals surface area contributed by atoms with E-state index in [4.69, 9.17) is 0 Å². The van der Waals surface area contributed by atoms with Crippen LogP contribution in [0, 0.1) is 5.92 Å². The van der Waals surface area contributed by atoms with Gasteiger partial charge in [-0.1, -0.05) is 37.3 Å². The summed E-state index contributed by atoms with van der Waals surface area (Å²) in [5, 5.41) is 2.08. The first-order chi connectivity index (χ1) is 9.36. The molecule has 21 heavy (non-hydrogen) atoms. The van der Waals surface area contributed by atoms with Crippen LogP contribution in [0.25, 0.3) is 0 Å². The van der Waals surface area contributed by atoms with Crippen molar-refractivity contribution in [1.82, 2.24) is 10.2 Å². The maximum atomic E-state index is 12.2. The topological polar surface area (TPSA) is 32.3 Å². The summed E-state index contributed by atoms with van der Waals surface area (Å²) < 4.78 is 36.7. The highest BCUT2D eigenvalue weighted by atomic mass is 35.5. The van der Waals surface area contributed by atoms with E-state index in [1.54, 1.807) is 0 Å². The predicted octanol–water partition coefficient (Wildman–Crippen LogP) is 2.61. The third-order valence-electron chi connectivity index (χ3n) is 3.51. The van der Waals surface area contributed by atoms with Gasteiger partial charge in [-0.15, -0.1) is 12.4 Å². The number of nitrogens with zero attached hydrogens (tertiary/aromatic N) is 1. The average Bonchev–Trinajstić information content (AvgIpc) is 2.69. The molecule has 118 valence electrons. The third-order valence-corrected chi connectivity index (χ3v) is 3.51. The maximum Gasteiger partial charge on any atom is 0.471 e. The number of carbonyl (C=O) groups is 1. The lowest BCUT2D eigenvalue weighted by Gasteiger charge is -2.18. The van der Waals surface area contributed by atoms with Crippen LogP contribution >= 0.6 is 12.4 Å². The molecule has 2 rings (SSSR count). The van der Waals surface area contributed by atoms with Crippen molar-refractivity contribution in [2.24, 2.45) is 5.92 Å². The van der Waals surface area contributed by atoms with Crippen molar-refractivity contribution in [2.75, 3.05) is 13.1 Å². The van der Waals surface area contributed by atoms with Crippen molar-refractivity contribution in [3.8, 4) is 0 Å². The molecule has 1 heterocycles. The van der Waals surface area contributed by atoms with Crippen molar-refractivity contribution in [3.05, 3.63) is 35.9 Å². The summed E-state index contributed by atoms with van der Waals surface area (Å²) in [6.45, 7) is 3.66. The van der Waals surface area contributed by atoms with Crippen molar-refractivity contribution >= 4 is 18.3 Å². The largest absolute Gasteiger partial charge is 0.471 e. The zero-order valence-electron chi connectivity index (χ0n) is 11.6. The zero-order chi connectivity index (χ0) is 14.8. The molecule has 1 amide bonds. The van der Waals surface area contributed by atoms with Gasteiger partial charge in [-0.05, 0) is 11.5 Å². The van der Waals surface area contributed by atoms with Gasteiger partial charge in [0.1, 0.15) is 0 Å². The molecule has 0 aliphatic carbocycles. The number of carbonyl (C=O) groups excluding carboxylic acids is 1. The second kappa shape index (κ2) is 7.13. The molecule has 1 N–H and O–H groups in total. The van der Waals surface area contributed by atoms with Gasteiger partial charge in [0.15, 0.2) is 0 Å². The highest BCUT2D eigenvalue weighted by Gasteiger charge is 2.42. The summed E-state index contributed by atoms with van der Waals surface area (Å²) in [6.07, 6.45) is -4.81. The Morgan fingerprint density at radius 1 is 1.29 bits per heavy atom. The van der Waals surface area contributed by atoms with E-state index in [-0.39, 0.29) is 18.3 Å². The number of halogens is 4. The first kappa shape index (κ1) is 17.8. The fraction of sp³-hybridized carbons (Fsp3) is 0.500. The standard InChI is InChI=1S/C14H17F3N2O.ClH/c1-10-7-19(8-11-5-3-2-4-6-11)9-12(10)18-13(20)14(15,16)17;/h2-6,10,12H,7-9H2,1H3,(H,18,20);1H/t10-,12-;/m1./s1. The number of alkyl halides is 3. The Balaban J connectivity index is 0.00000220. The monoisotopic (exact) mass is 322 g/mol. The van der Waals surface area contributed by atoms with E-state index in [1.165, 1.54) is 0 Å². The van der Waals surface area contributed by atoms with Crippen LogP contribution in [-0.4, -0.2) is 36.1 Å². The Morgan fingerprint density at radius 2 is 1.90 bits per heavy atom. The van der Waals surface area contributed by atoms with E-state index in [9.17, 15) is 18.0 Å². The Kier molecular flexibility index (Phi) is 6.04. The minimum absolute atomic E-state index is 0. The lowest BCUT2D eigenvalue weighted by molar-refractivity contribution is -0.174. The van der Waals surface area contributed by atoms with E-state index < -0.39 is 18.1 Å². The normalized spacial score (nSPS) is 22.7. The summed E-state index contributed by atoms with van der Waals surface area (Å²) in [4.78, 5) is 13.0. The van der Waals surface area contributed by atoms with Gasteiger partial charge in [0.05, 0.1) is 0 Å². The zero-order valence-corrected chi connectivity index (χ0v) is 12.4. The Labute approximate surface area is 127 Å². The molecule has 1 aliphatic rings. The molecular formula is C14H18ClF3N2O. The first-order valence-electron chi connectivity index (χ1n) is 6.50. The van der Waals surface area contributed by atoms with Gasteiger partial charge in [-0.3, -0.25) is 9.69 Å². The van der Waals surface area contributed by atoms with Gasteiger partial charge in [0, 0.05) is 25.7 Å². The van der Waals surface area contributed by atoms with Crippen molar-refractivity contribution in [3.63, 3.8) is 0 Å². The molecule has 0 spiro atoms. The number of hydrogen-bond acceptors (Lipinski definition) is 2. The van der Waals surface area contributed by atoms with Gasteiger partial charge in [-0.25, -0.2) is 0 Å². The molecule has 7 heteroatoms. The minimum atomic E-state index is -4.81. The Bertz CT molecular complexity index is 467. The maximum absolute atomic E-state index is 12.2. The number of amides is 1. The molecule has 1 saturated heterocycles. The molecular weight excluding hydrogens is 305 g/mol. The Hall–Kier alpha value is -1.27. The second-order valence-electron chi connectivity index (χ2n) is 5.23. The molecule has 2 atom stereocenters. The quantitative estimate of drug-likeness (QED) is 0.928. The summed E-state index contributed by atoms with van der Waals surface area (Å²) >= 11 is 0. The predicted molar refractivity (Wildman–Crippen MR) is 76.1 cm³/mol. The van der Waals surface area contributed by atoms with Crippen molar-refractivity contribution < 1.29 is 18.0 Å². The lowest BCUT2D eigenvalue weighted by Crippen LogP contribution is -2.46. The fourth-order valence-corrected chi connectivity index (χ4v) is 2.48. The molecule has 1 aromatic rings. The van der Waals surface area contributed by atoms with Crippen LogP contribution in [0.5, 0.6) is 0 Å². The van der Waals surface area contributed by atoms with Crippen LogP contribution in [0.2, 0.25) is 0 Å². The van der Waals surface area contributed by atoms with Gasteiger partial charge < -0.3 is 5.32 Å². The number of hydrogen-bond donors (Lipinski definition) is 1. The van der Waals surface area contributed by atoms with Gasteiger partial charge in [0.25, 0.3) is 0 Å². The van der Waals surface area contributed by atoms with Crippen molar-refractivity contribution in [2.45, 2.75) is 25.7 Å². The molecule has 0 aromatic heterocycles. The summed E-state index contributed by atoms with van der Waals surface area (Å²) in [6, 6.07) is 9.28. The number of nitrogens with one attached hydrogen (secondary N) is 1. The first-order valence-corrected chi connectivity index (χ1v) is 6.50. The third kappa shape index (κ3) is 4.89. The van der Waals surface area contributed by atoms with Gasteiger partial charge in [-0.2, -0.15) is 13.2 Å². The summed E-state index contributed by atoms with van der Waals surface area (Å²) in [5.74, 6) is -1.85. The number of rotatable bonds is 3. The summed E-state index contributed by atoms with van der Waals surface area (Å²) in [5.41, 5.74) is 1.11. The molecule has 0 saturated carbocycles. The average molecular weight is 323 g/mol. The van der Waals surface area contributed by atoms with Crippen LogP contribution in [0.15, 0.2) is 30.3 Å². The van der Waals surface area contributed by atoms with E-state index in [0.717, 1.165) is 5.56 Å². The van der Waals surface area contributed by atoms with Crippen LogP contribution < -0.4 is 5.32 Å². The molecule has 3 nitrogen and oxygen atoms in total. The molecule has 1 aromatic carbocycles. The van der Waals surface area contributed by atoms with Crippen LogP contribution in [0.3, 0.4) is 0 Å². The molecule has 0 radical (unpaired) electrons. The number of likely N-dealkylation sites (tertiary alicyclic amines) is 1. The molecule has 0 bridgehead atoms. The molecule has 1 aliphatic heterocycles. The SMILES string of the molecule is C[C@@H]1CN(Cc2ccccc2)C[C@H]1NC(=O)C(F)(F)F.Cl. The fourth-order valence-electron chi connectivity index (χ4n) is 2.48. The lowest BCUT2D eigenvalue weighted by atomic mass is 10.1. The molecule has 0 unspecified atom stereocenters. The van der Waals surface area contributed by atoms with Crippen LogP contribution in [0.1, 0.15) is 12.5 Å². The number of benzene rings is 1. The molecule has 1 fully saturated rings. The minimum Gasteiger partial charge on any atom is -0.344 e. The van der Waals surface area contributed by atoms with Crippen molar-refractivity contribution in [1.29, 1.82) is 0 Å². The smallest absolute Gasteiger partial charge is 0.344 e. The van der Waals surface area contributed by atoms with Gasteiger partial charge in [0.2, 0.25) is 0 Å². The van der Waals surface area contributed by atoms with E-state index in [1.807, 2.05) is 37.3 Å². The van der Waals surface area contributed by atoms with Gasteiger partial charge >= 0.3 is 12.1 Å². The van der Waals surface area contributed by atoms with Crippen LogP contribution in [0.4, 0.5) is 13.2 Å². The second-order valence-corrected chi connectivity index (χ2v) is 5.23. The van der Waals surface area contributed by atoms with E-state index >= 15 is 0 Å². The van der Waals surface area contributed by atoms with E-state index in [0.29, 0.717) is 19.6 Å². The highest BCUT2D eigenvalue weighted by molar-refractivity contribution is 5.85.